The summed E-state index contributed by atoms with van der Waals surface area (Å²) in [5.41, 5.74) is 3.27. The average Bonchev–Trinajstić information content (AvgIpc) is 3.32. The lowest BCUT2D eigenvalue weighted by Gasteiger charge is -2.23. The normalized spacial score (nSPS) is 13.7. The maximum absolute atomic E-state index is 12.0. The standard InChI is InChI=1S/C31H39N3O7/c1-20(2)39-31(37)33-19-24-18-26(9-7-22(24)8-10-29(35)36)38-16-13-28-21(3)40-30(34-28)23-5-4-6-27(17-23)41-25-11-14-32-15-12-25/h4-7,9,17-18,20,25,32H,8,10-16,19H2,1-3H3,(H,33,37)(H,35,36). The molecule has 2 aromatic carbocycles. The minimum atomic E-state index is -0.883. The Morgan fingerprint density at radius 3 is 2.66 bits per heavy atom. The number of rotatable bonds is 13. The van der Waals surface area contributed by atoms with E-state index in [0.717, 1.165) is 59.8 Å². The SMILES string of the molecule is Cc1oc(-c2cccc(OC3CCNCC3)c2)nc1CCOc1ccc(CCC(=O)O)c(CNC(=O)OC(C)C)c1. The molecule has 0 saturated carbocycles. The molecule has 0 spiro atoms. The summed E-state index contributed by atoms with van der Waals surface area (Å²) in [5.74, 6) is 1.81. The van der Waals surface area contributed by atoms with Crippen LogP contribution in [0.4, 0.5) is 4.79 Å². The number of carboxylic acids is 1. The van der Waals surface area contributed by atoms with Gasteiger partial charge >= 0.3 is 12.1 Å². The van der Waals surface area contributed by atoms with E-state index in [1.54, 1.807) is 13.8 Å². The molecule has 1 aromatic heterocycles. The Morgan fingerprint density at radius 1 is 1.10 bits per heavy atom. The van der Waals surface area contributed by atoms with Crippen molar-refractivity contribution in [1.29, 1.82) is 0 Å². The van der Waals surface area contributed by atoms with Crippen LogP contribution >= 0.6 is 0 Å². The number of nitrogens with zero attached hydrogens (tertiary/aromatic N) is 1. The summed E-state index contributed by atoms with van der Waals surface area (Å²) >= 11 is 0. The minimum absolute atomic E-state index is 0.00942. The van der Waals surface area contributed by atoms with E-state index >= 15 is 0 Å². The molecule has 0 atom stereocenters. The van der Waals surface area contributed by atoms with Crippen LogP contribution in [0.2, 0.25) is 0 Å². The predicted octanol–water partition coefficient (Wildman–Crippen LogP) is 5.05. The van der Waals surface area contributed by atoms with Gasteiger partial charge in [0.05, 0.1) is 18.4 Å². The fourth-order valence-electron chi connectivity index (χ4n) is 4.62. The molecule has 220 valence electrons. The Morgan fingerprint density at radius 2 is 1.90 bits per heavy atom. The smallest absolute Gasteiger partial charge is 0.407 e. The average molecular weight is 566 g/mol. The second-order valence-corrected chi connectivity index (χ2v) is 10.3. The molecule has 10 nitrogen and oxygen atoms in total. The molecular weight excluding hydrogens is 526 g/mol. The highest BCUT2D eigenvalue weighted by Gasteiger charge is 2.17. The Hall–Kier alpha value is -4.05. The number of benzene rings is 2. The van der Waals surface area contributed by atoms with Crippen molar-refractivity contribution in [2.45, 2.75) is 71.6 Å². The zero-order valence-electron chi connectivity index (χ0n) is 23.9. The fraction of sp³-hybridized carbons (Fsp3) is 0.452. The number of carbonyl (C=O) groups is 2. The predicted molar refractivity (Wildman–Crippen MR) is 153 cm³/mol. The Balaban J connectivity index is 1.37. The Bertz CT molecular complexity index is 1310. The van der Waals surface area contributed by atoms with E-state index in [1.165, 1.54) is 0 Å². The Labute approximate surface area is 240 Å². The maximum Gasteiger partial charge on any atom is 0.407 e. The molecule has 1 fully saturated rings. The lowest BCUT2D eigenvalue weighted by molar-refractivity contribution is -0.136. The van der Waals surface area contributed by atoms with Crippen LogP contribution in [0.1, 0.15) is 55.7 Å². The zero-order chi connectivity index (χ0) is 29.2. The van der Waals surface area contributed by atoms with E-state index < -0.39 is 12.1 Å². The summed E-state index contributed by atoms with van der Waals surface area (Å²) in [5, 5.41) is 15.2. The molecule has 1 saturated heterocycles. The van der Waals surface area contributed by atoms with Crippen LogP contribution in [0.15, 0.2) is 46.9 Å². The molecule has 4 rings (SSSR count). The molecule has 0 bridgehead atoms. The zero-order valence-corrected chi connectivity index (χ0v) is 23.9. The van der Waals surface area contributed by atoms with Crippen molar-refractivity contribution < 1.29 is 33.3 Å². The molecule has 0 radical (unpaired) electrons. The minimum Gasteiger partial charge on any atom is -0.493 e. The van der Waals surface area contributed by atoms with Crippen LogP contribution in [0, 0.1) is 6.92 Å². The molecule has 1 aliphatic rings. The quantitative estimate of drug-likeness (QED) is 0.260. The molecule has 1 aliphatic heterocycles. The van der Waals surface area contributed by atoms with Crippen molar-refractivity contribution in [3.8, 4) is 23.0 Å². The number of piperidine rings is 1. The van der Waals surface area contributed by atoms with Gasteiger partial charge in [0.15, 0.2) is 0 Å². The van der Waals surface area contributed by atoms with Crippen LogP contribution in [-0.2, 0) is 28.9 Å². The molecule has 10 heteroatoms. The number of aliphatic carboxylic acids is 1. The van der Waals surface area contributed by atoms with Gasteiger partial charge in [-0.1, -0.05) is 12.1 Å². The molecule has 3 aromatic rings. The van der Waals surface area contributed by atoms with Crippen molar-refractivity contribution >= 4 is 12.1 Å². The Kier molecular flexibility index (Phi) is 10.6. The topological polar surface area (TPSA) is 132 Å². The fourth-order valence-corrected chi connectivity index (χ4v) is 4.62. The number of aromatic nitrogens is 1. The monoisotopic (exact) mass is 565 g/mol. The van der Waals surface area contributed by atoms with E-state index in [1.807, 2.05) is 49.4 Å². The van der Waals surface area contributed by atoms with Crippen molar-refractivity contribution in [1.82, 2.24) is 15.6 Å². The van der Waals surface area contributed by atoms with E-state index in [0.29, 0.717) is 31.1 Å². The van der Waals surface area contributed by atoms with Gasteiger partial charge in [-0.25, -0.2) is 9.78 Å². The number of amides is 1. The van der Waals surface area contributed by atoms with Crippen LogP contribution in [0.25, 0.3) is 11.5 Å². The van der Waals surface area contributed by atoms with E-state index in [4.69, 9.17) is 28.7 Å². The number of alkyl carbamates (subject to hydrolysis) is 1. The number of nitrogens with one attached hydrogen (secondary N) is 2. The molecular formula is C31H39N3O7. The summed E-state index contributed by atoms with van der Waals surface area (Å²) in [6, 6.07) is 13.3. The highest BCUT2D eigenvalue weighted by molar-refractivity contribution is 5.68. The highest BCUT2D eigenvalue weighted by atomic mass is 16.6. The summed E-state index contributed by atoms with van der Waals surface area (Å²) in [6.45, 7) is 7.93. The van der Waals surface area contributed by atoms with E-state index in [-0.39, 0.29) is 25.2 Å². The summed E-state index contributed by atoms with van der Waals surface area (Å²) in [7, 11) is 0. The number of hydrogen-bond acceptors (Lipinski definition) is 8. The third kappa shape index (κ3) is 9.24. The van der Waals surface area contributed by atoms with Crippen LogP contribution in [0.3, 0.4) is 0 Å². The molecule has 1 amide bonds. The van der Waals surface area contributed by atoms with E-state index in [9.17, 15) is 9.59 Å². The van der Waals surface area contributed by atoms with Crippen molar-refractivity contribution in [2.24, 2.45) is 0 Å². The largest absolute Gasteiger partial charge is 0.493 e. The van der Waals surface area contributed by atoms with Gasteiger partial charge in [0.25, 0.3) is 0 Å². The van der Waals surface area contributed by atoms with Gasteiger partial charge in [-0.15, -0.1) is 0 Å². The first-order valence-corrected chi connectivity index (χ1v) is 14.1. The summed E-state index contributed by atoms with van der Waals surface area (Å²) in [6.07, 6.45) is 2.28. The third-order valence-electron chi connectivity index (χ3n) is 6.72. The molecule has 0 unspecified atom stereocenters. The number of hydrogen-bond donors (Lipinski definition) is 3. The first-order chi connectivity index (χ1) is 19.8. The van der Waals surface area contributed by atoms with Crippen molar-refractivity contribution in [3.63, 3.8) is 0 Å². The number of oxazole rings is 1. The number of ether oxygens (including phenoxy) is 3. The van der Waals surface area contributed by atoms with Gasteiger partial charge in [0.2, 0.25) is 5.89 Å². The van der Waals surface area contributed by atoms with Gasteiger partial charge in [0.1, 0.15) is 23.4 Å². The van der Waals surface area contributed by atoms with Crippen molar-refractivity contribution in [2.75, 3.05) is 19.7 Å². The van der Waals surface area contributed by atoms with Gasteiger partial charge < -0.3 is 34.4 Å². The number of carbonyl (C=O) groups excluding carboxylic acids is 1. The first-order valence-electron chi connectivity index (χ1n) is 14.1. The van der Waals surface area contributed by atoms with Gasteiger partial charge in [-0.2, -0.15) is 0 Å². The lowest BCUT2D eigenvalue weighted by Crippen LogP contribution is -2.34. The second-order valence-electron chi connectivity index (χ2n) is 10.3. The van der Waals surface area contributed by atoms with Gasteiger partial charge in [-0.3, -0.25) is 4.79 Å². The second kappa shape index (κ2) is 14.5. The van der Waals surface area contributed by atoms with Crippen LogP contribution in [0.5, 0.6) is 11.5 Å². The summed E-state index contributed by atoms with van der Waals surface area (Å²) < 4.78 is 23.3. The van der Waals surface area contributed by atoms with E-state index in [2.05, 4.69) is 10.6 Å². The van der Waals surface area contributed by atoms with Crippen LogP contribution in [-0.4, -0.2) is 54.1 Å². The summed E-state index contributed by atoms with van der Waals surface area (Å²) in [4.78, 5) is 27.8. The molecule has 41 heavy (non-hydrogen) atoms. The maximum atomic E-state index is 12.0. The van der Waals surface area contributed by atoms with Gasteiger partial charge in [-0.05, 0) is 94.6 Å². The van der Waals surface area contributed by atoms with Crippen LogP contribution < -0.4 is 20.1 Å². The molecule has 2 heterocycles. The van der Waals surface area contributed by atoms with Crippen molar-refractivity contribution in [3.05, 3.63) is 65.0 Å². The third-order valence-corrected chi connectivity index (χ3v) is 6.72. The molecule has 0 aliphatic carbocycles. The molecule has 3 N–H and O–H groups in total. The number of aryl methyl sites for hydroxylation is 2. The lowest BCUT2D eigenvalue weighted by atomic mass is 10.0. The first kappa shape index (κ1) is 29.9. The highest BCUT2D eigenvalue weighted by Crippen LogP contribution is 2.27. The number of carboxylic acid groups (broad SMARTS) is 1. The van der Waals surface area contributed by atoms with Gasteiger partial charge in [0, 0.05) is 24.9 Å².